The number of nitrogens with two attached hydrogens (primary N) is 1. The Morgan fingerprint density at radius 1 is 1.29 bits per heavy atom. The maximum atomic E-state index is 12.8. The molecule has 5 nitrogen and oxygen atoms in total. The van der Waals surface area contributed by atoms with Crippen molar-refractivity contribution in [2.75, 3.05) is 13.1 Å². The van der Waals surface area contributed by atoms with E-state index in [1.807, 2.05) is 6.07 Å². The average molecular weight is 328 g/mol. The molecular formula is C14H18ClN3O2S. The summed E-state index contributed by atoms with van der Waals surface area (Å²) in [5.74, 6) is 0. The van der Waals surface area contributed by atoms with Gasteiger partial charge in [0.25, 0.3) is 0 Å². The van der Waals surface area contributed by atoms with Crippen molar-refractivity contribution in [3.63, 3.8) is 0 Å². The third-order valence-electron chi connectivity index (χ3n) is 3.68. The third-order valence-corrected chi connectivity index (χ3v) is 5.60. The molecule has 0 aliphatic carbocycles. The van der Waals surface area contributed by atoms with Crippen molar-refractivity contribution in [1.29, 1.82) is 0 Å². The highest BCUT2D eigenvalue weighted by atomic mass is 35.5. The quantitative estimate of drug-likeness (QED) is 0.912. The number of hydrogen-bond acceptors (Lipinski definition) is 4. The second-order valence-electron chi connectivity index (χ2n) is 5.12. The largest absolute Gasteiger partial charge is 0.327 e. The summed E-state index contributed by atoms with van der Waals surface area (Å²) in [5.41, 5.74) is 5.90. The van der Waals surface area contributed by atoms with Gasteiger partial charge in [0.1, 0.15) is 0 Å². The molecule has 0 amide bonds. The van der Waals surface area contributed by atoms with Crippen LogP contribution in [0.25, 0.3) is 10.8 Å². The lowest BCUT2D eigenvalue weighted by atomic mass is 10.1. The average Bonchev–Trinajstić information content (AvgIpc) is 2.46. The number of nitrogens with zero attached hydrogens (tertiary/aromatic N) is 2. The fourth-order valence-corrected chi connectivity index (χ4v) is 4.40. The minimum Gasteiger partial charge on any atom is -0.327 e. The Morgan fingerprint density at radius 3 is 2.86 bits per heavy atom. The van der Waals surface area contributed by atoms with Gasteiger partial charge in [0.15, 0.2) is 0 Å². The zero-order valence-electron chi connectivity index (χ0n) is 11.5. The summed E-state index contributed by atoms with van der Waals surface area (Å²) < 4.78 is 27.1. The molecule has 21 heavy (non-hydrogen) atoms. The van der Waals surface area contributed by atoms with Gasteiger partial charge in [-0.25, -0.2) is 8.42 Å². The van der Waals surface area contributed by atoms with Gasteiger partial charge in [-0.15, -0.1) is 12.4 Å². The zero-order chi connectivity index (χ0) is 14.2. The monoisotopic (exact) mass is 327 g/mol. The van der Waals surface area contributed by atoms with Crippen LogP contribution in [0.1, 0.15) is 12.8 Å². The minimum absolute atomic E-state index is 0. The fourth-order valence-electron chi connectivity index (χ4n) is 2.65. The van der Waals surface area contributed by atoms with Gasteiger partial charge in [-0.05, 0) is 25.0 Å². The highest BCUT2D eigenvalue weighted by Crippen LogP contribution is 2.26. The van der Waals surface area contributed by atoms with Gasteiger partial charge >= 0.3 is 0 Å². The molecule has 0 saturated carbocycles. The maximum absolute atomic E-state index is 12.8. The van der Waals surface area contributed by atoms with Crippen LogP contribution in [0.15, 0.2) is 41.6 Å². The number of benzene rings is 1. The summed E-state index contributed by atoms with van der Waals surface area (Å²) in [6, 6.07) is 6.93. The predicted octanol–water partition coefficient (Wildman–Crippen LogP) is 1.77. The van der Waals surface area contributed by atoms with E-state index in [-0.39, 0.29) is 18.4 Å². The number of aromatic nitrogens is 1. The van der Waals surface area contributed by atoms with Crippen molar-refractivity contribution in [1.82, 2.24) is 9.29 Å². The van der Waals surface area contributed by atoms with Gasteiger partial charge in [-0.1, -0.05) is 12.1 Å². The predicted molar refractivity (Wildman–Crippen MR) is 85.0 cm³/mol. The molecule has 1 fully saturated rings. The molecule has 3 rings (SSSR count). The fraction of sp³-hybridized carbons (Fsp3) is 0.357. The Balaban J connectivity index is 0.00000161. The molecule has 1 aromatic heterocycles. The van der Waals surface area contributed by atoms with Crippen molar-refractivity contribution >= 4 is 33.2 Å². The molecular weight excluding hydrogens is 310 g/mol. The first-order chi connectivity index (χ1) is 9.59. The summed E-state index contributed by atoms with van der Waals surface area (Å²) >= 11 is 0. The molecule has 7 heteroatoms. The number of piperidine rings is 1. The second-order valence-corrected chi connectivity index (χ2v) is 7.02. The van der Waals surface area contributed by atoms with Gasteiger partial charge < -0.3 is 5.73 Å². The van der Waals surface area contributed by atoms with Crippen LogP contribution < -0.4 is 5.73 Å². The first kappa shape index (κ1) is 16.2. The van der Waals surface area contributed by atoms with E-state index in [4.69, 9.17) is 5.73 Å². The van der Waals surface area contributed by atoms with Gasteiger partial charge in [-0.2, -0.15) is 4.31 Å². The summed E-state index contributed by atoms with van der Waals surface area (Å²) in [4.78, 5) is 4.37. The van der Waals surface area contributed by atoms with Crippen LogP contribution in [0.2, 0.25) is 0 Å². The molecule has 1 aliphatic rings. The molecule has 2 aromatic rings. The van der Waals surface area contributed by atoms with Crippen LogP contribution in [0, 0.1) is 0 Å². The van der Waals surface area contributed by atoms with Crippen LogP contribution in [0.4, 0.5) is 0 Å². The lowest BCUT2D eigenvalue weighted by Gasteiger charge is -2.30. The van der Waals surface area contributed by atoms with E-state index in [1.54, 1.807) is 30.6 Å². The van der Waals surface area contributed by atoms with E-state index in [0.29, 0.717) is 23.4 Å². The topological polar surface area (TPSA) is 76.3 Å². The summed E-state index contributed by atoms with van der Waals surface area (Å²) in [5, 5.41) is 1.54. The molecule has 1 aromatic carbocycles. The van der Waals surface area contributed by atoms with Gasteiger partial charge in [0, 0.05) is 42.3 Å². The van der Waals surface area contributed by atoms with E-state index in [0.717, 1.165) is 18.2 Å². The van der Waals surface area contributed by atoms with E-state index in [2.05, 4.69) is 4.98 Å². The lowest BCUT2D eigenvalue weighted by Crippen LogP contribution is -2.45. The first-order valence-electron chi connectivity index (χ1n) is 6.67. The SMILES string of the molecule is Cl.NC1CCCN(S(=O)(=O)c2cccc3cnccc23)C1. The van der Waals surface area contributed by atoms with Crippen LogP contribution in [0.3, 0.4) is 0 Å². The Bertz CT molecular complexity index is 731. The minimum atomic E-state index is -3.50. The van der Waals surface area contributed by atoms with Crippen molar-refractivity contribution in [2.45, 2.75) is 23.8 Å². The maximum Gasteiger partial charge on any atom is 0.243 e. The summed E-state index contributed by atoms with van der Waals surface area (Å²) in [6.07, 6.45) is 4.98. The molecule has 114 valence electrons. The van der Waals surface area contributed by atoms with Crippen molar-refractivity contribution in [3.8, 4) is 0 Å². The number of sulfonamides is 1. The standard InChI is InChI=1S/C14H17N3O2S.ClH/c15-12-4-2-8-17(10-12)20(18,19)14-5-1-3-11-9-16-7-6-13(11)14;/h1,3,5-7,9,12H,2,4,8,10,15H2;1H. The van der Waals surface area contributed by atoms with Crippen LogP contribution >= 0.6 is 12.4 Å². The highest BCUT2D eigenvalue weighted by molar-refractivity contribution is 7.89. The number of rotatable bonds is 2. The molecule has 0 bridgehead atoms. The Kier molecular flexibility index (Phi) is 4.83. The van der Waals surface area contributed by atoms with E-state index in [1.165, 1.54) is 4.31 Å². The van der Waals surface area contributed by atoms with Crippen LogP contribution in [-0.4, -0.2) is 36.8 Å². The normalized spacial score (nSPS) is 20.1. The number of hydrogen-bond donors (Lipinski definition) is 1. The Hall–Kier alpha value is -1.21. The molecule has 1 saturated heterocycles. The highest BCUT2D eigenvalue weighted by Gasteiger charge is 2.29. The van der Waals surface area contributed by atoms with Crippen LogP contribution in [-0.2, 0) is 10.0 Å². The molecule has 0 radical (unpaired) electrons. The van der Waals surface area contributed by atoms with Crippen LogP contribution in [0.5, 0.6) is 0 Å². The lowest BCUT2D eigenvalue weighted by molar-refractivity contribution is 0.316. The molecule has 2 N–H and O–H groups in total. The van der Waals surface area contributed by atoms with E-state index < -0.39 is 10.0 Å². The summed E-state index contributed by atoms with van der Waals surface area (Å²) in [6.45, 7) is 0.932. The number of halogens is 1. The Labute approximate surface area is 130 Å². The van der Waals surface area contributed by atoms with E-state index in [9.17, 15) is 8.42 Å². The van der Waals surface area contributed by atoms with Crippen molar-refractivity contribution in [3.05, 3.63) is 36.7 Å². The van der Waals surface area contributed by atoms with Gasteiger partial charge in [-0.3, -0.25) is 4.98 Å². The first-order valence-corrected chi connectivity index (χ1v) is 8.11. The Morgan fingerprint density at radius 2 is 2.10 bits per heavy atom. The molecule has 1 unspecified atom stereocenters. The van der Waals surface area contributed by atoms with Gasteiger partial charge in [0.05, 0.1) is 4.90 Å². The van der Waals surface area contributed by atoms with E-state index >= 15 is 0 Å². The van der Waals surface area contributed by atoms with Crippen molar-refractivity contribution in [2.24, 2.45) is 5.73 Å². The zero-order valence-corrected chi connectivity index (χ0v) is 13.1. The second kappa shape index (κ2) is 6.27. The van der Waals surface area contributed by atoms with Gasteiger partial charge in [0.2, 0.25) is 10.0 Å². The molecule has 1 aliphatic heterocycles. The number of pyridine rings is 1. The molecule has 1 atom stereocenters. The molecule has 2 heterocycles. The summed E-state index contributed by atoms with van der Waals surface area (Å²) in [7, 11) is -3.50. The smallest absolute Gasteiger partial charge is 0.243 e. The number of fused-ring (bicyclic) bond motifs is 1. The third kappa shape index (κ3) is 3.03. The molecule has 0 spiro atoms. The van der Waals surface area contributed by atoms with Crippen molar-refractivity contribution < 1.29 is 8.42 Å².